The summed E-state index contributed by atoms with van der Waals surface area (Å²) < 4.78 is 0. The van der Waals surface area contributed by atoms with Gasteiger partial charge in [0.15, 0.2) is 5.03 Å². The molecule has 0 amide bonds. The van der Waals surface area contributed by atoms with Gasteiger partial charge in [-0.3, -0.25) is 0 Å². The topological polar surface area (TPSA) is 58.8 Å². The van der Waals surface area contributed by atoms with Gasteiger partial charge in [-0.25, -0.2) is 10.1 Å². The number of hydroxylamine groups is 2. The Kier molecular flexibility index (Phi) is 2.61. The van der Waals surface area contributed by atoms with Crippen molar-refractivity contribution in [3.63, 3.8) is 0 Å². The zero-order valence-electron chi connectivity index (χ0n) is 6.39. The number of piperazine rings is 1. The molecule has 64 valence electrons. The minimum absolute atomic E-state index is 0.368. The molecule has 0 spiro atoms. The highest BCUT2D eigenvalue weighted by molar-refractivity contribution is 4.59. The molecule has 0 radical (unpaired) electrons. The lowest BCUT2D eigenvalue weighted by atomic mass is 10.4. The molecule has 0 aromatic rings. The van der Waals surface area contributed by atoms with E-state index >= 15 is 0 Å². The van der Waals surface area contributed by atoms with E-state index in [2.05, 4.69) is 0 Å². The van der Waals surface area contributed by atoms with Crippen LogP contribution in [0.25, 0.3) is 0 Å². The Bertz CT molecular complexity index is 144. The third-order valence-corrected chi connectivity index (χ3v) is 1.70. The van der Waals surface area contributed by atoms with E-state index in [-0.39, 0.29) is 5.03 Å². The first-order valence-corrected chi connectivity index (χ1v) is 3.42. The van der Waals surface area contributed by atoms with E-state index in [0.29, 0.717) is 26.2 Å². The Morgan fingerprint density at radius 1 is 1.36 bits per heavy atom. The highest BCUT2D eigenvalue weighted by atomic mass is 16.7. The van der Waals surface area contributed by atoms with Crippen molar-refractivity contribution in [2.24, 2.45) is 0 Å². The first-order chi connectivity index (χ1) is 5.24. The van der Waals surface area contributed by atoms with Crippen LogP contribution < -0.4 is 0 Å². The number of rotatable bonds is 2. The van der Waals surface area contributed by atoms with Crippen molar-refractivity contribution in [1.29, 1.82) is 0 Å². The van der Waals surface area contributed by atoms with Crippen LogP contribution in [0, 0.1) is 10.1 Å². The summed E-state index contributed by atoms with van der Waals surface area (Å²) >= 11 is 0. The molecule has 0 atom stereocenters. The maximum Gasteiger partial charge on any atom is 0.160 e. The Morgan fingerprint density at radius 3 is 2.27 bits per heavy atom. The third-order valence-electron chi connectivity index (χ3n) is 1.70. The Morgan fingerprint density at radius 2 is 1.91 bits per heavy atom. The Hall–Kier alpha value is -0.880. The minimum atomic E-state index is -0.368. The number of hydrogen-bond donors (Lipinski definition) is 0. The van der Waals surface area contributed by atoms with Gasteiger partial charge in [0.05, 0.1) is 20.2 Å². The third kappa shape index (κ3) is 2.02. The van der Waals surface area contributed by atoms with Gasteiger partial charge in [-0.1, -0.05) is 0 Å². The SMILES string of the molecule is CON1CCN([N+](=O)[O-])CC1. The van der Waals surface area contributed by atoms with E-state index < -0.39 is 0 Å². The molecule has 0 saturated carbocycles. The molecule has 0 aliphatic carbocycles. The van der Waals surface area contributed by atoms with Crippen LogP contribution in [0.3, 0.4) is 0 Å². The highest BCUT2D eigenvalue weighted by Crippen LogP contribution is 2.00. The predicted octanol–water partition coefficient (Wildman–Crippen LogP) is -0.643. The first kappa shape index (κ1) is 8.22. The maximum atomic E-state index is 10.2. The smallest absolute Gasteiger partial charge is 0.160 e. The molecule has 1 aliphatic rings. The quantitative estimate of drug-likeness (QED) is 0.398. The molecule has 0 unspecified atom stereocenters. The normalized spacial score (nSPS) is 20.3. The van der Waals surface area contributed by atoms with Crippen molar-refractivity contribution in [2.75, 3.05) is 33.3 Å². The average Bonchev–Trinajstić information content (AvgIpc) is 2.05. The fourth-order valence-corrected chi connectivity index (χ4v) is 1.02. The summed E-state index contributed by atoms with van der Waals surface area (Å²) in [5.41, 5.74) is 0. The van der Waals surface area contributed by atoms with Crippen LogP contribution in [0.15, 0.2) is 0 Å². The maximum absolute atomic E-state index is 10.2. The molecule has 0 N–H and O–H groups in total. The summed E-state index contributed by atoms with van der Waals surface area (Å²) in [4.78, 5) is 15.1. The van der Waals surface area contributed by atoms with Gasteiger partial charge in [-0.05, 0) is 0 Å². The summed E-state index contributed by atoms with van der Waals surface area (Å²) in [6.45, 7) is 2.05. The van der Waals surface area contributed by atoms with Crippen molar-refractivity contribution < 1.29 is 9.87 Å². The number of nitro groups is 1. The van der Waals surface area contributed by atoms with E-state index in [4.69, 9.17) is 4.84 Å². The fourth-order valence-electron chi connectivity index (χ4n) is 1.02. The monoisotopic (exact) mass is 161 g/mol. The van der Waals surface area contributed by atoms with Crippen LogP contribution in [-0.2, 0) is 4.84 Å². The summed E-state index contributed by atoms with van der Waals surface area (Å²) in [5, 5.41) is 12.8. The van der Waals surface area contributed by atoms with Crippen LogP contribution in [-0.4, -0.2) is 48.4 Å². The number of hydrogen-bond acceptors (Lipinski definition) is 4. The molecule has 6 nitrogen and oxygen atoms in total. The summed E-state index contributed by atoms with van der Waals surface area (Å²) in [7, 11) is 1.57. The van der Waals surface area contributed by atoms with E-state index in [1.54, 1.807) is 12.2 Å². The molecule has 1 saturated heterocycles. The van der Waals surface area contributed by atoms with Gasteiger partial charge < -0.3 is 4.84 Å². The average molecular weight is 161 g/mol. The molecule has 11 heavy (non-hydrogen) atoms. The number of nitrogens with zero attached hydrogens (tertiary/aromatic N) is 3. The molecule has 0 aromatic carbocycles. The van der Waals surface area contributed by atoms with E-state index in [1.165, 1.54) is 5.01 Å². The molecule has 1 heterocycles. The van der Waals surface area contributed by atoms with Crippen LogP contribution in [0.2, 0.25) is 0 Å². The highest BCUT2D eigenvalue weighted by Gasteiger charge is 2.22. The van der Waals surface area contributed by atoms with E-state index in [1.807, 2.05) is 0 Å². The van der Waals surface area contributed by atoms with Crippen LogP contribution >= 0.6 is 0 Å². The van der Waals surface area contributed by atoms with Gasteiger partial charge in [-0.2, -0.15) is 5.06 Å². The van der Waals surface area contributed by atoms with Gasteiger partial charge in [-0.15, -0.1) is 5.01 Å². The molecule has 1 aliphatic heterocycles. The molecule has 0 bridgehead atoms. The van der Waals surface area contributed by atoms with Crippen LogP contribution in [0.5, 0.6) is 0 Å². The van der Waals surface area contributed by atoms with Crippen LogP contribution in [0.4, 0.5) is 0 Å². The predicted molar refractivity (Wildman–Crippen MR) is 37.1 cm³/mol. The second-order valence-electron chi connectivity index (χ2n) is 2.30. The van der Waals surface area contributed by atoms with Gasteiger partial charge in [0.1, 0.15) is 0 Å². The second kappa shape index (κ2) is 3.49. The molecule has 1 fully saturated rings. The zero-order chi connectivity index (χ0) is 8.27. The number of hydrazine groups is 1. The molecular weight excluding hydrogens is 150 g/mol. The lowest BCUT2D eigenvalue weighted by Gasteiger charge is -2.27. The summed E-state index contributed by atoms with van der Waals surface area (Å²) in [6, 6.07) is 0. The Labute approximate surface area is 64.4 Å². The Balaban J connectivity index is 2.30. The van der Waals surface area contributed by atoms with Crippen molar-refractivity contribution in [1.82, 2.24) is 10.1 Å². The van der Waals surface area contributed by atoms with Gasteiger partial charge >= 0.3 is 0 Å². The van der Waals surface area contributed by atoms with Crippen LogP contribution in [0.1, 0.15) is 0 Å². The van der Waals surface area contributed by atoms with Gasteiger partial charge in [0, 0.05) is 13.1 Å². The van der Waals surface area contributed by atoms with Crippen molar-refractivity contribution >= 4 is 0 Å². The molecular formula is C5H11N3O3. The molecule has 6 heteroatoms. The minimum Gasteiger partial charge on any atom is -0.302 e. The van der Waals surface area contributed by atoms with Crippen molar-refractivity contribution in [2.45, 2.75) is 0 Å². The van der Waals surface area contributed by atoms with Crippen molar-refractivity contribution in [3.05, 3.63) is 10.1 Å². The first-order valence-electron chi connectivity index (χ1n) is 3.42. The van der Waals surface area contributed by atoms with E-state index in [9.17, 15) is 10.1 Å². The van der Waals surface area contributed by atoms with Crippen molar-refractivity contribution in [3.8, 4) is 0 Å². The standard InChI is InChI=1S/C5H11N3O3/c1-11-7-4-2-6(3-5-7)8(9)10/h2-5H2,1H3. The second-order valence-corrected chi connectivity index (χ2v) is 2.30. The molecule has 0 aromatic heterocycles. The van der Waals surface area contributed by atoms with Gasteiger partial charge in [0.2, 0.25) is 0 Å². The fraction of sp³-hybridized carbons (Fsp3) is 1.00. The summed E-state index contributed by atoms with van der Waals surface area (Å²) in [5.74, 6) is 0. The molecule has 1 rings (SSSR count). The van der Waals surface area contributed by atoms with Gasteiger partial charge in [0.25, 0.3) is 0 Å². The van der Waals surface area contributed by atoms with E-state index in [0.717, 1.165) is 0 Å². The largest absolute Gasteiger partial charge is 0.302 e. The lowest BCUT2D eigenvalue weighted by molar-refractivity contribution is -0.659. The lowest BCUT2D eigenvalue weighted by Crippen LogP contribution is -2.47. The zero-order valence-corrected chi connectivity index (χ0v) is 6.39. The summed E-state index contributed by atoms with van der Waals surface area (Å²) in [6.07, 6.45) is 0.